The molecule has 0 unspecified atom stereocenters. The predicted octanol–water partition coefficient (Wildman–Crippen LogP) is 1.45. The molecule has 1 aromatic rings. The molecule has 0 amide bonds. The lowest BCUT2D eigenvalue weighted by Crippen LogP contribution is -2.44. The molecular weight excluding hydrogens is 308 g/mol. The van der Waals surface area contributed by atoms with E-state index in [1.54, 1.807) is 18.2 Å². The summed E-state index contributed by atoms with van der Waals surface area (Å²) in [6.45, 7) is 0.686. The molecular formula is C10H13BrN2O3S. The third-order valence-corrected chi connectivity index (χ3v) is 4.83. The minimum atomic E-state index is -3.45. The Morgan fingerprint density at radius 1 is 1.41 bits per heavy atom. The van der Waals surface area contributed by atoms with Crippen LogP contribution in [0.3, 0.4) is 0 Å². The summed E-state index contributed by atoms with van der Waals surface area (Å²) in [6.07, 6.45) is 0. The number of halogens is 1. The summed E-state index contributed by atoms with van der Waals surface area (Å²) >= 11 is 3.33. The summed E-state index contributed by atoms with van der Waals surface area (Å²) in [6, 6.07) is 5.30. The zero-order valence-corrected chi connectivity index (χ0v) is 12.0. The van der Waals surface area contributed by atoms with Gasteiger partial charge in [-0.3, -0.25) is 4.31 Å². The summed E-state index contributed by atoms with van der Waals surface area (Å²) in [7, 11) is -0.420. The van der Waals surface area contributed by atoms with Gasteiger partial charge in [0, 0.05) is 18.6 Å². The van der Waals surface area contributed by atoms with Gasteiger partial charge in [0.1, 0.15) is 12.4 Å². The maximum absolute atomic E-state index is 12.1. The number of nitrogens with zero attached hydrogens (tertiary/aromatic N) is 2. The normalized spacial score (nSPS) is 15.6. The second-order valence-electron chi connectivity index (χ2n) is 3.82. The molecule has 1 aliphatic heterocycles. The molecule has 1 aromatic carbocycles. The van der Waals surface area contributed by atoms with E-state index in [0.717, 1.165) is 4.47 Å². The van der Waals surface area contributed by atoms with E-state index in [4.69, 9.17) is 4.74 Å². The standard InChI is InChI=1S/C10H13BrN2O3S/c1-12(2)17(14,15)13-5-6-16-10-7-8(11)3-4-9(10)13/h3-4,7H,5-6H2,1-2H3. The third kappa shape index (κ3) is 2.27. The highest BCUT2D eigenvalue weighted by Gasteiger charge is 2.30. The van der Waals surface area contributed by atoms with Crippen LogP contribution >= 0.6 is 15.9 Å². The highest BCUT2D eigenvalue weighted by Crippen LogP contribution is 2.35. The van der Waals surface area contributed by atoms with E-state index in [1.807, 2.05) is 0 Å². The Bertz CT molecular complexity index is 530. The van der Waals surface area contributed by atoms with E-state index in [9.17, 15) is 8.42 Å². The maximum atomic E-state index is 12.1. The molecule has 17 heavy (non-hydrogen) atoms. The minimum Gasteiger partial charge on any atom is -0.489 e. The van der Waals surface area contributed by atoms with Gasteiger partial charge in [0.05, 0.1) is 12.2 Å². The van der Waals surface area contributed by atoms with Crippen LogP contribution in [0.4, 0.5) is 5.69 Å². The average molecular weight is 321 g/mol. The van der Waals surface area contributed by atoms with E-state index >= 15 is 0 Å². The molecule has 0 fully saturated rings. The van der Waals surface area contributed by atoms with Crippen molar-refractivity contribution < 1.29 is 13.2 Å². The Kier molecular flexibility index (Phi) is 3.33. The van der Waals surface area contributed by atoms with E-state index in [-0.39, 0.29) is 0 Å². The summed E-state index contributed by atoms with van der Waals surface area (Å²) < 4.78 is 33.1. The van der Waals surface area contributed by atoms with Gasteiger partial charge in [0.15, 0.2) is 0 Å². The van der Waals surface area contributed by atoms with Crippen molar-refractivity contribution in [2.75, 3.05) is 31.6 Å². The van der Waals surface area contributed by atoms with E-state index in [2.05, 4.69) is 15.9 Å². The van der Waals surface area contributed by atoms with Crippen LogP contribution in [-0.2, 0) is 10.2 Å². The summed E-state index contributed by atoms with van der Waals surface area (Å²) in [4.78, 5) is 0. The van der Waals surface area contributed by atoms with Gasteiger partial charge in [-0.1, -0.05) is 15.9 Å². The van der Waals surface area contributed by atoms with Crippen molar-refractivity contribution in [2.45, 2.75) is 0 Å². The number of fused-ring (bicyclic) bond motifs is 1. The second-order valence-corrected chi connectivity index (χ2v) is 6.81. The average Bonchev–Trinajstić information content (AvgIpc) is 2.27. The number of rotatable bonds is 2. The predicted molar refractivity (Wildman–Crippen MR) is 69.6 cm³/mol. The second kappa shape index (κ2) is 4.47. The number of benzene rings is 1. The Morgan fingerprint density at radius 2 is 2.12 bits per heavy atom. The fourth-order valence-electron chi connectivity index (χ4n) is 1.61. The van der Waals surface area contributed by atoms with Crippen molar-refractivity contribution in [3.8, 4) is 5.75 Å². The Labute approximate surface area is 109 Å². The first-order valence-electron chi connectivity index (χ1n) is 5.05. The number of hydrogen-bond donors (Lipinski definition) is 0. The van der Waals surface area contributed by atoms with Crippen LogP contribution in [0.1, 0.15) is 0 Å². The van der Waals surface area contributed by atoms with E-state index < -0.39 is 10.2 Å². The molecule has 0 N–H and O–H groups in total. The SMILES string of the molecule is CN(C)S(=O)(=O)N1CCOc2cc(Br)ccc21. The van der Waals surface area contributed by atoms with Crippen molar-refractivity contribution in [1.29, 1.82) is 0 Å². The van der Waals surface area contributed by atoms with Crippen molar-refractivity contribution in [3.63, 3.8) is 0 Å². The Hall–Kier alpha value is -0.790. The molecule has 0 radical (unpaired) electrons. The molecule has 0 saturated heterocycles. The molecule has 5 nitrogen and oxygen atoms in total. The largest absolute Gasteiger partial charge is 0.489 e. The van der Waals surface area contributed by atoms with Crippen LogP contribution in [0.5, 0.6) is 5.75 Å². The van der Waals surface area contributed by atoms with Crippen molar-refractivity contribution in [2.24, 2.45) is 0 Å². The molecule has 0 bridgehead atoms. The van der Waals surface area contributed by atoms with Gasteiger partial charge in [-0.05, 0) is 18.2 Å². The molecule has 2 rings (SSSR count). The molecule has 0 spiro atoms. The van der Waals surface area contributed by atoms with Gasteiger partial charge in [-0.2, -0.15) is 12.7 Å². The molecule has 1 heterocycles. The van der Waals surface area contributed by atoms with Gasteiger partial charge in [0.2, 0.25) is 0 Å². The van der Waals surface area contributed by atoms with E-state index in [0.29, 0.717) is 24.6 Å². The van der Waals surface area contributed by atoms with E-state index in [1.165, 1.54) is 22.7 Å². The minimum absolute atomic E-state index is 0.329. The van der Waals surface area contributed by atoms with Crippen molar-refractivity contribution in [3.05, 3.63) is 22.7 Å². The Morgan fingerprint density at radius 3 is 2.76 bits per heavy atom. The first-order valence-corrected chi connectivity index (χ1v) is 7.24. The van der Waals surface area contributed by atoms with Crippen LogP contribution < -0.4 is 9.04 Å². The summed E-state index contributed by atoms with van der Waals surface area (Å²) in [5.74, 6) is 0.580. The Balaban J connectivity index is 2.49. The highest BCUT2D eigenvalue weighted by atomic mass is 79.9. The van der Waals surface area contributed by atoms with Crippen LogP contribution in [0.15, 0.2) is 22.7 Å². The lowest BCUT2D eigenvalue weighted by Gasteiger charge is -2.32. The molecule has 0 aromatic heterocycles. The number of ether oxygens (including phenoxy) is 1. The first-order chi connectivity index (χ1) is 7.93. The smallest absolute Gasteiger partial charge is 0.303 e. The van der Waals surface area contributed by atoms with Crippen LogP contribution in [0, 0.1) is 0 Å². The highest BCUT2D eigenvalue weighted by molar-refractivity contribution is 9.10. The summed E-state index contributed by atoms with van der Waals surface area (Å²) in [5, 5.41) is 0. The lowest BCUT2D eigenvalue weighted by molar-refractivity contribution is 0.314. The van der Waals surface area contributed by atoms with Crippen molar-refractivity contribution >= 4 is 31.8 Å². The zero-order valence-electron chi connectivity index (χ0n) is 9.55. The maximum Gasteiger partial charge on any atom is 0.303 e. The van der Waals surface area contributed by atoms with Gasteiger partial charge >= 0.3 is 10.2 Å². The fourth-order valence-corrected chi connectivity index (χ4v) is 3.04. The molecule has 7 heteroatoms. The topological polar surface area (TPSA) is 49.9 Å². The van der Waals surface area contributed by atoms with Gasteiger partial charge in [-0.15, -0.1) is 0 Å². The quantitative estimate of drug-likeness (QED) is 0.828. The number of hydrogen-bond acceptors (Lipinski definition) is 3. The lowest BCUT2D eigenvalue weighted by atomic mass is 10.2. The molecule has 0 atom stereocenters. The summed E-state index contributed by atoms with van der Waals surface area (Å²) in [5.41, 5.74) is 0.577. The third-order valence-electron chi connectivity index (χ3n) is 2.48. The first kappa shape index (κ1) is 12.7. The number of anilines is 1. The van der Waals surface area contributed by atoms with Gasteiger partial charge in [0.25, 0.3) is 0 Å². The molecule has 1 aliphatic rings. The monoisotopic (exact) mass is 320 g/mol. The van der Waals surface area contributed by atoms with Crippen LogP contribution in [-0.4, -0.2) is 40.0 Å². The van der Waals surface area contributed by atoms with Crippen molar-refractivity contribution in [1.82, 2.24) is 4.31 Å². The van der Waals surface area contributed by atoms with Gasteiger partial charge < -0.3 is 4.74 Å². The molecule has 0 saturated carbocycles. The van der Waals surface area contributed by atoms with Gasteiger partial charge in [-0.25, -0.2) is 0 Å². The molecule has 94 valence electrons. The molecule has 0 aliphatic carbocycles. The van der Waals surface area contributed by atoms with Crippen LogP contribution in [0.2, 0.25) is 0 Å². The zero-order chi connectivity index (χ0) is 12.6. The fraction of sp³-hybridized carbons (Fsp3) is 0.400. The van der Waals surface area contributed by atoms with Crippen LogP contribution in [0.25, 0.3) is 0 Å².